The van der Waals surface area contributed by atoms with Crippen molar-refractivity contribution in [2.24, 2.45) is 0 Å². The Kier molecular flexibility index (Phi) is 9.01. The Morgan fingerprint density at radius 1 is 0.343 bits per heavy atom. The fourth-order valence-electron chi connectivity index (χ4n) is 11.6. The smallest absolute Gasteiger partial charge is 0.142 e. The van der Waals surface area contributed by atoms with Crippen LogP contribution in [0.1, 0.15) is 70.2 Å². The summed E-state index contributed by atoms with van der Waals surface area (Å²) in [4.78, 5) is 10.3. The van der Waals surface area contributed by atoms with Gasteiger partial charge in [-0.1, -0.05) is 184 Å². The molecule has 0 amide bonds. The van der Waals surface area contributed by atoms with Gasteiger partial charge < -0.3 is 4.90 Å². The highest BCUT2D eigenvalue weighted by Gasteiger charge is 2.45. The van der Waals surface area contributed by atoms with Crippen molar-refractivity contribution in [3.05, 3.63) is 281 Å². The molecule has 0 N–H and O–H groups in total. The second-order valence-corrected chi connectivity index (χ2v) is 18.6. The van der Waals surface area contributed by atoms with Crippen LogP contribution in [0.5, 0.6) is 0 Å². The Morgan fingerprint density at radius 2 is 0.776 bits per heavy atom. The Bertz CT molecular complexity index is 3400. The highest BCUT2D eigenvalue weighted by Crippen LogP contribution is 2.60. The summed E-state index contributed by atoms with van der Waals surface area (Å²) in [6.45, 7) is 4.72. The molecule has 0 unspecified atom stereocenters. The minimum absolute atomic E-state index is 0.0218. The average Bonchev–Trinajstić information content (AvgIpc) is 3.62. The van der Waals surface area contributed by atoms with E-state index in [1.54, 1.807) is 0 Å². The first kappa shape index (κ1) is 39.1. The van der Waals surface area contributed by atoms with E-state index < -0.39 is 0 Å². The van der Waals surface area contributed by atoms with Crippen LogP contribution in [0.2, 0.25) is 0 Å². The maximum Gasteiger partial charge on any atom is 0.142 e. The average molecular weight is 858 g/mol. The molecule has 3 nitrogen and oxygen atoms in total. The van der Waals surface area contributed by atoms with Gasteiger partial charge in [0.2, 0.25) is 0 Å². The van der Waals surface area contributed by atoms with Crippen LogP contribution in [0, 0.1) is 0 Å². The van der Waals surface area contributed by atoms with Crippen molar-refractivity contribution in [1.82, 2.24) is 4.98 Å². The molecule has 9 aromatic carbocycles. The molecule has 0 fully saturated rings. The summed E-state index contributed by atoms with van der Waals surface area (Å²) in [5, 5.41) is 0. The first-order valence-electron chi connectivity index (χ1n) is 23.4. The zero-order chi connectivity index (χ0) is 44.6. The molecule has 0 radical (unpaired) electrons. The molecule has 0 spiro atoms. The summed E-state index contributed by atoms with van der Waals surface area (Å²) in [6, 6.07) is 84.4. The number of rotatable bonds is 8. The lowest BCUT2D eigenvalue weighted by atomic mass is 9.60. The number of hydrogen-bond donors (Lipinski definition) is 0. The van der Waals surface area contributed by atoms with E-state index in [0.717, 1.165) is 39.8 Å². The summed E-state index contributed by atoms with van der Waals surface area (Å²) in [5.41, 5.74) is 23.6. The summed E-state index contributed by atoms with van der Waals surface area (Å²) >= 11 is 0. The van der Waals surface area contributed by atoms with Gasteiger partial charge in [-0.2, -0.15) is 0 Å². The van der Waals surface area contributed by atoms with E-state index in [4.69, 9.17) is 4.98 Å². The standard InChI is InChI=1S/C64H47N3/c1-64(2)57-29-17-16-24-50(57)51-39-38-49(40-58(51)64)66(47-34-30-43(31-35-47)42-18-6-3-7-19-42)48-36-32-44(33-37-48)56-41-65-63(67(45-20-8-4-9-21-45)46-22-10-5-11-23-46)62-60-54-27-14-12-25-52(54)59(61(56)62)53-26-13-15-28-55(53)60/h3-41,59-60H,1-2H3. The maximum atomic E-state index is 5.55. The molecule has 318 valence electrons. The topological polar surface area (TPSA) is 19.4 Å². The lowest BCUT2D eigenvalue weighted by Gasteiger charge is -2.44. The van der Waals surface area contributed by atoms with Gasteiger partial charge in [0, 0.05) is 63.0 Å². The van der Waals surface area contributed by atoms with Gasteiger partial charge in [0.15, 0.2) is 0 Å². The molecule has 0 aliphatic heterocycles. The van der Waals surface area contributed by atoms with E-state index in [-0.39, 0.29) is 17.3 Å². The molecule has 67 heavy (non-hydrogen) atoms. The molecule has 2 bridgehead atoms. The Balaban J connectivity index is 0.983. The number of aromatic nitrogens is 1. The monoisotopic (exact) mass is 857 g/mol. The molecule has 1 heterocycles. The molecule has 0 saturated carbocycles. The van der Waals surface area contributed by atoms with Crippen molar-refractivity contribution < 1.29 is 0 Å². The van der Waals surface area contributed by atoms with Crippen LogP contribution < -0.4 is 9.80 Å². The van der Waals surface area contributed by atoms with E-state index in [1.807, 2.05) is 0 Å². The van der Waals surface area contributed by atoms with Crippen LogP contribution in [0.3, 0.4) is 0 Å². The molecule has 4 aliphatic rings. The zero-order valence-electron chi connectivity index (χ0n) is 37.5. The minimum atomic E-state index is -0.125. The van der Waals surface area contributed by atoms with E-state index in [1.165, 1.54) is 72.3 Å². The van der Waals surface area contributed by atoms with Gasteiger partial charge in [-0.25, -0.2) is 4.98 Å². The highest BCUT2D eigenvalue weighted by atomic mass is 15.2. The van der Waals surface area contributed by atoms with Crippen LogP contribution in [-0.4, -0.2) is 4.98 Å². The Labute approximate surface area is 392 Å². The van der Waals surface area contributed by atoms with E-state index in [0.29, 0.717) is 0 Å². The van der Waals surface area contributed by atoms with Gasteiger partial charge >= 0.3 is 0 Å². The van der Waals surface area contributed by atoms with Crippen LogP contribution in [0.25, 0.3) is 33.4 Å². The summed E-state index contributed by atoms with van der Waals surface area (Å²) in [5.74, 6) is 1.04. The van der Waals surface area contributed by atoms with Crippen molar-refractivity contribution in [1.29, 1.82) is 0 Å². The lowest BCUT2D eigenvalue weighted by Crippen LogP contribution is -2.30. The number of fused-ring (bicyclic) bond motifs is 3. The quantitative estimate of drug-likeness (QED) is 0.152. The number of benzene rings is 9. The number of anilines is 6. The van der Waals surface area contributed by atoms with Crippen molar-refractivity contribution in [2.45, 2.75) is 31.1 Å². The van der Waals surface area contributed by atoms with Crippen molar-refractivity contribution in [3.63, 3.8) is 0 Å². The first-order valence-corrected chi connectivity index (χ1v) is 23.4. The van der Waals surface area contributed by atoms with Crippen molar-refractivity contribution in [3.8, 4) is 33.4 Å². The van der Waals surface area contributed by atoms with Crippen LogP contribution in [0.15, 0.2) is 237 Å². The molecular formula is C64H47N3. The van der Waals surface area contributed by atoms with Crippen LogP contribution >= 0.6 is 0 Å². The Morgan fingerprint density at radius 3 is 1.36 bits per heavy atom. The summed E-state index contributed by atoms with van der Waals surface area (Å²) in [6.07, 6.45) is 2.15. The van der Waals surface area contributed by atoms with E-state index in [9.17, 15) is 0 Å². The lowest BCUT2D eigenvalue weighted by molar-refractivity contribution is 0.660. The van der Waals surface area contributed by atoms with Crippen LogP contribution in [0.4, 0.5) is 34.3 Å². The zero-order valence-corrected chi connectivity index (χ0v) is 37.5. The largest absolute Gasteiger partial charge is 0.310 e. The third kappa shape index (κ3) is 6.15. The van der Waals surface area contributed by atoms with Gasteiger partial charge in [0.25, 0.3) is 0 Å². The molecule has 3 heteroatoms. The Hall–Kier alpha value is -8.27. The SMILES string of the molecule is CC1(C)c2ccccc2-c2ccc(N(c3ccc(-c4ccccc4)cc3)c3ccc(-c4cnc(N(c5ccccc5)c5ccccc5)c5c4C4c6ccccc6C5c5ccccc54)cc3)cc21. The normalized spacial score (nSPS) is 15.4. The maximum absolute atomic E-state index is 5.55. The number of hydrogen-bond acceptors (Lipinski definition) is 3. The molecule has 4 aliphatic carbocycles. The summed E-state index contributed by atoms with van der Waals surface area (Å²) < 4.78 is 0. The molecular weight excluding hydrogens is 811 g/mol. The van der Waals surface area contributed by atoms with Crippen molar-refractivity contribution in [2.75, 3.05) is 9.80 Å². The summed E-state index contributed by atoms with van der Waals surface area (Å²) in [7, 11) is 0. The number of para-hydroxylation sites is 2. The third-order valence-corrected chi connectivity index (χ3v) is 14.7. The fraction of sp³-hybridized carbons (Fsp3) is 0.0781. The van der Waals surface area contributed by atoms with Gasteiger partial charge in [-0.15, -0.1) is 0 Å². The van der Waals surface area contributed by atoms with Crippen molar-refractivity contribution >= 4 is 34.3 Å². The predicted octanol–water partition coefficient (Wildman–Crippen LogP) is 16.6. The molecule has 10 aromatic rings. The van der Waals surface area contributed by atoms with E-state index in [2.05, 4.69) is 260 Å². The fourth-order valence-corrected chi connectivity index (χ4v) is 11.6. The van der Waals surface area contributed by atoms with Gasteiger partial charge in [0.05, 0.1) is 0 Å². The third-order valence-electron chi connectivity index (χ3n) is 14.7. The first-order chi connectivity index (χ1) is 33.0. The molecule has 0 saturated heterocycles. The molecule has 0 atom stereocenters. The second-order valence-electron chi connectivity index (χ2n) is 18.6. The molecule has 1 aromatic heterocycles. The van der Waals surface area contributed by atoms with Crippen LogP contribution in [-0.2, 0) is 5.41 Å². The van der Waals surface area contributed by atoms with E-state index >= 15 is 0 Å². The van der Waals surface area contributed by atoms with Gasteiger partial charge in [-0.05, 0) is 127 Å². The number of pyridine rings is 1. The van der Waals surface area contributed by atoms with Gasteiger partial charge in [0.1, 0.15) is 5.82 Å². The minimum Gasteiger partial charge on any atom is -0.310 e. The second kappa shape index (κ2) is 15.4. The molecule has 14 rings (SSSR count). The number of nitrogens with zero attached hydrogens (tertiary/aromatic N) is 3. The highest BCUT2D eigenvalue weighted by molar-refractivity contribution is 5.89. The van der Waals surface area contributed by atoms with Gasteiger partial charge in [-0.3, -0.25) is 4.90 Å². The predicted molar refractivity (Wildman–Crippen MR) is 277 cm³/mol.